The molecule has 0 aliphatic carbocycles. The van der Waals surface area contributed by atoms with Crippen molar-refractivity contribution in [1.82, 2.24) is 10.3 Å². The van der Waals surface area contributed by atoms with E-state index in [2.05, 4.69) is 55.5 Å². The highest BCUT2D eigenvalue weighted by Gasteiger charge is 2.08. The topological polar surface area (TPSA) is 34.2 Å². The zero-order valence-corrected chi connectivity index (χ0v) is 14.0. The van der Waals surface area contributed by atoms with Crippen LogP contribution in [0.3, 0.4) is 0 Å². The smallest absolute Gasteiger partial charge is 0.131 e. The lowest BCUT2D eigenvalue weighted by molar-refractivity contribution is 0.297. The van der Waals surface area contributed by atoms with Gasteiger partial charge in [-0.2, -0.15) is 0 Å². The van der Waals surface area contributed by atoms with Crippen LogP contribution in [0.1, 0.15) is 49.9 Å². The van der Waals surface area contributed by atoms with Crippen LogP contribution in [-0.4, -0.2) is 11.0 Å². The first-order chi connectivity index (χ1) is 10.1. The minimum absolute atomic E-state index is 0.461. The molecular weight excluding hydrogens is 280 g/mol. The Morgan fingerprint density at radius 3 is 2.67 bits per heavy atom. The Labute approximate surface area is 131 Å². The standard InChI is InChI=1S/C17H24N2OS/c1-12(2)15-7-5-6-8-16(15)20-10-14-11-21-17(19-14)9-18-13(3)4/h5-8,11-13,18H,9-10H2,1-4H3. The number of benzene rings is 1. The van der Waals surface area contributed by atoms with Crippen LogP contribution in [-0.2, 0) is 13.2 Å². The molecule has 0 saturated carbocycles. The van der Waals surface area contributed by atoms with E-state index in [1.807, 2.05) is 12.1 Å². The van der Waals surface area contributed by atoms with Gasteiger partial charge in [-0.05, 0) is 17.5 Å². The van der Waals surface area contributed by atoms with Gasteiger partial charge in [-0.15, -0.1) is 11.3 Å². The van der Waals surface area contributed by atoms with E-state index in [-0.39, 0.29) is 0 Å². The molecule has 0 unspecified atom stereocenters. The van der Waals surface area contributed by atoms with Crippen LogP contribution in [0.15, 0.2) is 29.6 Å². The van der Waals surface area contributed by atoms with Gasteiger partial charge in [0.05, 0.1) is 5.69 Å². The number of hydrogen-bond acceptors (Lipinski definition) is 4. The molecule has 0 saturated heterocycles. The molecule has 1 aromatic carbocycles. The first-order valence-corrected chi connectivity index (χ1v) is 8.32. The predicted molar refractivity (Wildman–Crippen MR) is 89.0 cm³/mol. The van der Waals surface area contributed by atoms with Crippen molar-refractivity contribution in [3.8, 4) is 5.75 Å². The van der Waals surface area contributed by atoms with E-state index in [4.69, 9.17) is 4.74 Å². The number of rotatable bonds is 7. The molecule has 4 heteroatoms. The summed E-state index contributed by atoms with van der Waals surface area (Å²) < 4.78 is 5.95. The number of ether oxygens (including phenoxy) is 1. The third kappa shape index (κ3) is 4.83. The summed E-state index contributed by atoms with van der Waals surface area (Å²) in [6.45, 7) is 10.00. The highest BCUT2D eigenvalue weighted by Crippen LogP contribution is 2.26. The van der Waals surface area contributed by atoms with Gasteiger partial charge in [0.25, 0.3) is 0 Å². The summed E-state index contributed by atoms with van der Waals surface area (Å²) in [6.07, 6.45) is 0. The fourth-order valence-corrected chi connectivity index (χ4v) is 2.76. The van der Waals surface area contributed by atoms with Crippen molar-refractivity contribution in [3.63, 3.8) is 0 Å². The van der Waals surface area contributed by atoms with Crippen molar-refractivity contribution in [2.45, 2.75) is 52.8 Å². The van der Waals surface area contributed by atoms with Crippen molar-refractivity contribution in [2.75, 3.05) is 0 Å². The summed E-state index contributed by atoms with van der Waals surface area (Å²) in [4.78, 5) is 4.60. The minimum Gasteiger partial charge on any atom is -0.487 e. The number of hydrogen-bond donors (Lipinski definition) is 1. The van der Waals surface area contributed by atoms with Crippen molar-refractivity contribution >= 4 is 11.3 Å². The summed E-state index contributed by atoms with van der Waals surface area (Å²) in [5, 5.41) is 6.57. The summed E-state index contributed by atoms with van der Waals surface area (Å²) in [6, 6.07) is 8.70. The van der Waals surface area contributed by atoms with E-state index in [0.717, 1.165) is 23.0 Å². The quantitative estimate of drug-likeness (QED) is 0.826. The molecule has 0 aliphatic heterocycles. The molecule has 3 nitrogen and oxygen atoms in total. The van der Waals surface area contributed by atoms with Gasteiger partial charge in [0, 0.05) is 18.0 Å². The molecule has 0 bridgehead atoms. The van der Waals surface area contributed by atoms with Crippen LogP contribution in [0.2, 0.25) is 0 Å². The van der Waals surface area contributed by atoms with Crippen LogP contribution in [0.25, 0.3) is 0 Å². The largest absolute Gasteiger partial charge is 0.487 e. The Kier molecular flexibility index (Phi) is 5.76. The van der Waals surface area contributed by atoms with Gasteiger partial charge in [-0.1, -0.05) is 45.9 Å². The van der Waals surface area contributed by atoms with Crippen LogP contribution in [0.5, 0.6) is 5.75 Å². The Morgan fingerprint density at radius 2 is 1.95 bits per heavy atom. The fraction of sp³-hybridized carbons (Fsp3) is 0.471. The molecular formula is C17H24N2OS. The lowest BCUT2D eigenvalue weighted by Crippen LogP contribution is -2.21. The van der Waals surface area contributed by atoms with Crippen molar-refractivity contribution < 1.29 is 4.74 Å². The molecule has 1 aromatic heterocycles. The number of nitrogens with one attached hydrogen (secondary N) is 1. The van der Waals surface area contributed by atoms with Crippen LogP contribution >= 0.6 is 11.3 Å². The third-order valence-corrected chi connectivity index (χ3v) is 4.08. The second-order valence-electron chi connectivity index (χ2n) is 5.75. The van der Waals surface area contributed by atoms with Gasteiger partial charge in [-0.3, -0.25) is 0 Å². The van der Waals surface area contributed by atoms with Gasteiger partial charge in [0.1, 0.15) is 17.4 Å². The van der Waals surface area contributed by atoms with Crippen molar-refractivity contribution in [2.24, 2.45) is 0 Å². The maximum absolute atomic E-state index is 5.95. The lowest BCUT2D eigenvalue weighted by atomic mass is 10.0. The molecule has 0 amide bonds. The van der Waals surface area contributed by atoms with Gasteiger partial charge < -0.3 is 10.1 Å². The average molecular weight is 304 g/mol. The maximum Gasteiger partial charge on any atom is 0.131 e. The Morgan fingerprint density at radius 1 is 1.19 bits per heavy atom. The highest BCUT2D eigenvalue weighted by atomic mass is 32.1. The predicted octanol–water partition coefficient (Wildman–Crippen LogP) is 4.34. The van der Waals surface area contributed by atoms with E-state index < -0.39 is 0 Å². The normalized spacial score (nSPS) is 11.3. The Balaban J connectivity index is 1.94. The molecule has 0 fully saturated rings. The summed E-state index contributed by atoms with van der Waals surface area (Å²) in [5.41, 5.74) is 2.24. The number of nitrogens with zero attached hydrogens (tertiary/aromatic N) is 1. The number of thiazole rings is 1. The molecule has 21 heavy (non-hydrogen) atoms. The van der Waals surface area contributed by atoms with E-state index >= 15 is 0 Å². The number of para-hydroxylation sites is 1. The van der Waals surface area contributed by atoms with E-state index in [1.54, 1.807) is 11.3 Å². The second kappa shape index (κ2) is 7.57. The Bertz CT molecular complexity index is 563. The van der Waals surface area contributed by atoms with Crippen LogP contribution < -0.4 is 10.1 Å². The van der Waals surface area contributed by atoms with E-state index in [0.29, 0.717) is 18.6 Å². The molecule has 1 N–H and O–H groups in total. The highest BCUT2D eigenvalue weighted by molar-refractivity contribution is 7.09. The Hall–Kier alpha value is -1.39. The van der Waals surface area contributed by atoms with Gasteiger partial charge in [0.2, 0.25) is 0 Å². The number of aromatic nitrogens is 1. The molecule has 0 atom stereocenters. The van der Waals surface area contributed by atoms with E-state index in [9.17, 15) is 0 Å². The zero-order valence-electron chi connectivity index (χ0n) is 13.2. The molecule has 2 aromatic rings. The summed E-state index contributed by atoms with van der Waals surface area (Å²) in [7, 11) is 0. The van der Waals surface area contributed by atoms with Crippen molar-refractivity contribution in [1.29, 1.82) is 0 Å². The lowest BCUT2D eigenvalue weighted by Gasteiger charge is -2.12. The monoisotopic (exact) mass is 304 g/mol. The fourth-order valence-electron chi connectivity index (χ4n) is 2.03. The first kappa shape index (κ1) is 16.0. The van der Waals surface area contributed by atoms with E-state index in [1.165, 1.54) is 5.56 Å². The third-order valence-electron chi connectivity index (χ3n) is 3.18. The maximum atomic E-state index is 5.95. The van der Waals surface area contributed by atoms with Crippen molar-refractivity contribution in [3.05, 3.63) is 45.9 Å². The SMILES string of the molecule is CC(C)NCc1nc(COc2ccccc2C(C)C)cs1. The average Bonchev–Trinajstić information content (AvgIpc) is 2.91. The first-order valence-electron chi connectivity index (χ1n) is 7.44. The van der Waals surface area contributed by atoms with Crippen LogP contribution in [0, 0.1) is 0 Å². The molecule has 0 spiro atoms. The second-order valence-corrected chi connectivity index (χ2v) is 6.69. The molecule has 2 rings (SSSR count). The molecule has 114 valence electrons. The zero-order chi connectivity index (χ0) is 15.2. The van der Waals surface area contributed by atoms with Gasteiger partial charge >= 0.3 is 0 Å². The molecule has 0 radical (unpaired) electrons. The van der Waals surface area contributed by atoms with Gasteiger partial charge in [-0.25, -0.2) is 4.98 Å². The molecule has 0 aliphatic rings. The molecule has 1 heterocycles. The van der Waals surface area contributed by atoms with Gasteiger partial charge in [0.15, 0.2) is 0 Å². The van der Waals surface area contributed by atoms with Crippen LogP contribution in [0.4, 0.5) is 0 Å². The summed E-state index contributed by atoms with van der Waals surface area (Å²) >= 11 is 1.68. The minimum atomic E-state index is 0.461. The summed E-state index contributed by atoms with van der Waals surface area (Å²) in [5.74, 6) is 1.42.